The van der Waals surface area contributed by atoms with Gasteiger partial charge in [-0.3, -0.25) is 14.3 Å². The lowest BCUT2D eigenvalue weighted by molar-refractivity contribution is -0.134. The fourth-order valence-corrected chi connectivity index (χ4v) is 5.53. The van der Waals surface area contributed by atoms with Crippen molar-refractivity contribution < 1.29 is 9.59 Å². The van der Waals surface area contributed by atoms with Gasteiger partial charge in [-0.25, -0.2) is 0 Å². The SMILES string of the molecule is CC(C)NC(=O)c1sc2ccccc2c1C[C@@H]1CCCCCN1C(=O)Cn1cccn1. The summed E-state index contributed by atoms with van der Waals surface area (Å²) in [6.45, 7) is 4.98. The van der Waals surface area contributed by atoms with E-state index in [1.165, 1.54) is 0 Å². The van der Waals surface area contributed by atoms with Gasteiger partial charge in [-0.15, -0.1) is 11.3 Å². The summed E-state index contributed by atoms with van der Waals surface area (Å²) in [5, 5.41) is 8.38. The van der Waals surface area contributed by atoms with Crippen LogP contribution in [0.3, 0.4) is 0 Å². The van der Waals surface area contributed by atoms with Crippen molar-refractivity contribution in [2.24, 2.45) is 0 Å². The summed E-state index contributed by atoms with van der Waals surface area (Å²) in [5.74, 6) is 0.0811. The maximum Gasteiger partial charge on any atom is 0.261 e. The molecule has 6 nitrogen and oxygen atoms in total. The standard InChI is InChI=1S/C24H30N4O2S/c1-17(2)26-24(30)23-20(19-10-5-6-11-21(19)31-23)15-18-9-4-3-7-14-28(18)22(29)16-27-13-8-12-25-27/h5-6,8,10-13,17-18H,3-4,7,9,14-16H2,1-2H3,(H,26,30)/t18-/m0/s1. The number of aromatic nitrogens is 2. The third-order valence-corrected chi connectivity index (χ3v) is 7.03. The fourth-order valence-electron chi connectivity index (χ4n) is 4.39. The molecule has 0 aliphatic carbocycles. The van der Waals surface area contributed by atoms with Crippen molar-refractivity contribution in [1.29, 1.82) is 0 Å². The normalized spacial score (nSPS) is 17.1. The first-order valence-corrected chi connectivity index (χ1v) is 11.9. The number of fused-ring (bicyclic) bond motifs is 1. The zero-order valence-corrected chi connectivity index (χ0v) is 19.0. The second kappa shape index (κ2) is 9.64. The van der Waals surface area contributed by atoms with E-state index in [0.29, 0.717) is 6.42 Å². The zero-order valence-electron chi connectivity index (χ0n) is 18.2. The van der Waals surface area contributed by atoms with E-state index in [1.807, 2.05) is 43.1 Å². The Morgan fingerprint density at radius 2 is 2.03 bits per heavy atom. The molecule has 4 rings (SSSR count). The van der Waals surface area contributed by atoms with Crippen LogP contribution in [0, 0.1) is 0 Å². The van der Waals surface area contributed by atoms with Crippen LogP contribution in [0.4, 0.5) is 0 Å². The van der Waals surface area contributed by atoms with E-state index in [1.54, 1.807) is 22.2 Å². The largest absolute Gasteiger partial charge is 0.349 e. The molecule has 1 saturated heterocycles. The van der Waals surface area contributed by atoms with Gasteiger partial charge in [0.1, 0.15) is 6.54 Å². The zero-order chi connectivity index (χ0) is 21.8. The molecule has 2 aromatic heterocycles. The van der Waals surface area contributed by atoms with E-state index in [9.17, 15) is 9.59 Å². The van der Waals surface area contributed by atoms with Crippen LogP contribution in [0.2, 0.25) is 0 Å². The van der Waals surface area contributed by atoms with Gasteiger partial charge in [0, 0.05) is 35.7 Å². The van der Waals surface area contributed by atoms with Crippen molar-refractivity contribution in [1.82, 2.24) is 20.0 Å². The number of hydrogen-bond acceptors (Lipinski definition) is 4. The fraction of sp³-hybridized carbons (Fsp3) is 0.458. The Bertz CT molecular complexity index is 1040. The Kier molecular flexibility index (Phi) is 6.70. The summed E-state index contributed by atoms with van der Waals surface area (Å²) < 4.78 is 2.81. The highest BCUT2D eigenvalue weighted by Gasteiger charge is 2.29. The van der Waals surface area contributed by atoms with Crippen molar-refractivity contribution >= 4 is 33.2 Å². The highest BCUT2D eigenvalue weighted by Crippen LogP contribution is 2.34. The summed E-state index contributed by atoms with van der Waals surface area (Å²) in [6.07, 6.45) is 8.44. The number of thiophene rings is 1. The van der Waals surface area contributed by atoms with Gasteiger partial charge in [-0.05, 0) is 56.2 Å². The van der Waals surface area contributed by atoms with Gasteiger partial charge < -0.3 is 10.2 Å². The second-order valence-electron chi connectivity index (χ2n) is 8.53. The molecule has 1 N–H and O–H groups in total. The highest BCUT2D eigenvalue weighted by molar-refractivity contribution is 7.21. The minimum absolute atomic E-state index is 0.0192. The van der Waals surface area contributed by atoms with Crippen LogP contribution in [-0.2, 0) is 17.8 Å². The van der Waals surface area contributed by atoms with Gasteiger partial charge in [-0.1, -0.05) is 31.0 Å². The van der Waals surface area contributed by atoms with Crippen LogP contribution >= 0.6 is 11.3 Å². The Labute approximate surface area is 187 Å². The number of benzene rings is 1. The second-order valence-corrected chi connectivity index (χ2v) is 9.58. The lowest BCUT2D eigenvalue weighted by atomic mass is 9.97. The molecule has 1 aliphatic heterocycles. The smallest absolute Gasteiger partial charge is 0.261 e. The average molecular weight is 439 g/mol. The molecule has 0 radical (unpaired) electrons. The minimum atomic E-state index is -0.0192. The Morgan fingerprint density at radius 1 is 1.19 bits per heavy atom. The van der Waals surface area contributed by atoms with Gasteiger partial charge in [0.25, 0.3) is 5.91 Å². The van der Waals surface area contributed by atoms with Crippen LogP contribution in [-0.4, -0.2) is 45.1 Å². The first-order valence-electron chi connectivity index (χ1n) is 11.1. The van der Waals surface area contributed by atoms with Crippen LogP contribution in [0.15, 0.2) is 42.7 Å². The number of hydrogen-bond donors (Lipinski definition) is 1. The third-order valence-electron chi connectivity index (χ3n) is 5.82. The first-order chi connectivity index (χ1) is 15.0. The number of likely N-dealkylation sites (tertiary alicyclic amines) is 1. The minimum Gasteiger partial charge on any atom is -0.349 e. The molecule has 1 atom stereocenters. The number of carbonyl (C=O) groups is 2. The number of nitrogens with zero attached hydrogens (tertiary/aromatic N) is 3. The molecule has 0 bridgehead atoms. The molecule has 7 heteroatoms. The molecule has 0 unspecified atom stereocenters. The molecule has 164 valence electrons. The predicted octanol–water partition coefficient (Wildman–Crippen LogP) is 4.25. The van der Waals surface area contributed by atoms with E-state index in [-0.39, 0.29) is 30.4 Å². The van der Waals surface area contributed by atoms with Crippen LogP contribution < -0.4 is 5.32 Å². The molecule has 1 aromatic carbocycles. The quantitative estimate of drug-likeness (QED) is 0.626. The van der Waals surface area contributed by atoms with Crippen LogP contribution in [0.5, 0.6) is 0 Å². The maximum absolute atomic E-state index is 13.2. The number of nitrogens with one attached hydrogen (secondary N) is 1. The van der Waals surface area contributed by atoms with E-state index in [4.69, 9.17) is 0 Å². The Balaban J connectivity index is 1.65. The Hall–Kier alpha value is -2.67. The molecular weight excluding hydrogens is 408 g/mol. The van der Waals surface area contributed by atoms with Crippen molar-refractivity contribution in [2.75, 3.05) is 6.54 Å². The molecule has 3 aromatic rings. The van der Waals surface area contributed by atoms with E-state index in [2.05, 4.69) is 22.5 Å². The van der Waals surface area contributed by atoms with Crippen molar-refractivity contribution in [3.63, 3.8) is 0 Å². The Morgan fingerprint density at radius 3 is 2.81 bits per heavy atom. The third kappa shape index (κ3) is 4.98. The van der Waals surface area contributed by atoms with Crippen molar-refractivity contribution in [3.8, 4) is 0 Å². The van der Waals surface area contributed by atoms with E-state index in [0.717, 1.165) is 52.8 Å². The molecule has 31 heavy (non-hydrogen) atoms. The summed E-state index contributed by atoms with van der Waals surface area (Å²) in [5.41, 5.74) is 1.07. The van der Waals surface area contributed by atoms with Crippen molar-refractivity contribution in [2.45, 2.75) is 64.6 Å². The van der Waals surface area contributed by atoms with Gasteiger partial charge >= 0.3 is 0 Å². The summed E-state index contributed by atoms with van der Waals surface area (Å²) >= 11 is 1.55. The molecular formula is C24H30N4O2S. The molecule has 0 saturated carbocycles. The van der Waals surface area contributed by atoms with Crippen LogP contribution in [0.1, 0.15) is 54.8 Å². The molecule has 3 heterocycles. The first kappa shape index (κ1) is 21.6. The lowest BCUT2D eigenvalue weighted by Gasteiger charge is -2.30. The van der Waals surface area contributed by atoms with Gasteiger partial charge in [-0.2, -0.15) is 5.10 Å². The number of carbonyl (C=O) groups excluding carboxylic acids is 2. The molecule has 1 aliphatic rings. The van der Waals surface area contributed by atoms with Crippen molar-refractivity contribution in [3.05, 3.63) is 53.2 Å². The highest BCUT2D eigenvalue weighted by atomic mass is 32.1. The monoisotopic (exact) mass is 438 g/mol. The number of amides is 2. The predicted molar refractivity (Wildman–Crippen MR) is 124 cm³/mol. The van der Waals surface area contributed by atoms with E-state index < -0.39 is 0 Å². The molecule has 2 amide bonds. The van der Waals surface area contributed by atoms with Gasteiger partial charge in [0.05, 0.1) is 4.88 Å². The van der Waals surface area contributed by atoms with Gasteiger partial charge in [0.15, 0.2) is 0 Å². The summed E-state index contributed by atoms with van der Waals surface area (Å²) in [7, 11) is 0. The average Bonchev–Trinajstić information content (AvgIpc) is 3.30. The summed E-state index contributed by atoms with van der Waals surface area (Å²) in [4.78, 5) is 29.0. The van der Waals surface area contributed by atoms with Gasteiger partial charge in [0.2, 0.25) is 5.91 Å². The maximum atomic E-state index is 13.2. The van der Waals surface area contributed by atoms with Crippen LogP contribution in [0.25, 0.3) is 10.1 Å². The molecule has 1 fully saturated rings. The van der Waals surface area contributed by atoms with E-state index >= 15 is 0 Å². The molecule has 0 spiro atoms. The summed E-state index contributed by atoms with van der Waals surface area (Å²) in [6, 6.07) is 10.2. The lowest BCUT2D eigenvalue weighted by Crippen LogP contribution is -2.43. The topological polar surface area (TPSA) is 67.2 Å². The number of rotatable bonds is 6.